The lowest BCUT2D eigenvalue weighted by molar-refractivity contribution is 0.0722. The second-order valence-electron chi connectivity index (χ2n) is 7.54. The van der Waals surface area contributed by atoms with Gasteiger partial charge in [-0.15, -0.1) is 11.3 Å². The summed E-state index contributed by atoms with van der Waals surface area (Å²) in [5, 5.41) is 1.16. The van der Waals surface area contributed by atoms with E-state index >= 15 is 0 Å². The lowest BCUT2D eigenvalue weighted by atomic mass is 10.1. The van der Waals surface area contributed by atoms with E-state index < -0.39 is 0 Å². The van der Waals surface area contributed by atoms with Gasteiger partial charge in [0.25, 0.3) is 5.91 Å². The van der Waals surface area contributed by atoms with Gasteiger partial charge < -0.3 is 19.0 Å². The summed E-state index contributed by atoms with van der Waals surface area (Å²) in [5.41, 5.74) is 2.28. The molecule has 0 spiro atoms. The monoisotopic (exact) mass is 408 g/mol. The number of hydrogen-bond donors (Lipinski definition) is 0. The molecule has 150 valence electrons. The smallest absolute Gasteiger partial charge is 0.264 e. The molecule has 0 unspecified atom stereocenters. The Kier molecular flexibility index (Phi) is 5.12. The Balaban J connectivity index is 1.49. The molecule has 2 fully saturated rings. The van der Waals surface area contributed by atoms with E-state index in [0.29, 0.717) is 12.6 Å². The Morgan fingerprint density at radius 2 is 1.90 bits per heavy atom. The van der Waals surface area contributed by atoms with Crippen molar-refractivity contribution in [2.75, 3.05) is 31.2 Å². The summed E-state index contributed by atoms with van der Waals surface area (Å²) < 4.78 is 11.0. The average Bonchev–Trinajstić information content (AvgIpc) is 3.30. The van der Waals surface area contributed by atoms with Crippen LogP contribution in [0.15, 0.2) is 59.2 Å². The van der Waals surface area contributed by atoms with Gasteiger partial charge in [-0.2, -0.15) is 0 Å². The van der Waals surface area contributed by atoms with E-state index in [4.69, 9.17) is 9.15 Å². The quantitative estimate of drug-likeness (QED) is 0.596. The van der Waals surface area contributed by atoms with Crippen LogP contribution < -0.4 is 4.90 Å². The van der Waals surface area contributed by atoms with Crippen molar-refractivity contribution in [3.8, 4) is 11.1 Å². The molecule has 1 saturated carbocycles. The Hall–Kier alpha value is -2.57. The fraction of sp³-hybridized carbons (Fsp3) is 0.348. The van der Waals surface area contributed by atoms with Crippen LogP contribution >= 0.6 is 11.3 Å². The van der Waals surface area contributed by atoms with Crippen molar-refractivity contribution < 1.29 is 13.9 Å². The number of benzene rings is 1. The molecule has 1 aromatic carbocycles. The summed E-state index contributed by atoms with van der Waals surface area (Å²) in [7, 11) is 0. The largest absolute Gasteiger partial charge is 0.467 e. The first-order chi connectivity index (χ1) is 14.3. The van der Waals surface area contributed by atoms with Gasteiger partial charge in [0, 0.05) is 24.7 Å². The second kappa shape index (κ2) is 8.05. The number of rotatable bonds is 6. The highest BCUT2D eigenvalue weighted by Crippen LogP contribution is 2.41. The molecule has 1 amide bonds. The van der Waals surface area contributed by atoms with Crippen LogP contribution in [0.1, 0.15) is 28.3 Å². The van der Waals surface area contributed by atoms with Crippen LogP contribution in [0.2, 0.25) is 0 Å². The van der Waals surface area contributed by atoms with E-state index in [-0.39, 0.29) is 5.91 Å². The third-order valence-electron chi connectivity index (χ3n) is 5.46. The van der Waals surface area contributed by atoms with Gasteiger partial charge in [-0.05, 0) is 36.6 Å². The summed E-state index contributed by atoms with van der Waals surface area (Å²) in [6, 6.07) is 16.5. The second-order valence-corrected chi connectivity index (χ2v) is 8.57. The number of ether oxygens (including phenoxy) is 1. The molecule has 2 aliphatic rings. The number of hydrogen-bond acceptors (Lipinski definition) is 5. The van der Waals surface area contributed by atoms with E-state index in [1.807, 2.05) is 35.2 Å². The average molecular weight is 409 g/mol. The van der Waals surface area contributed by atoms with Crippen LogP contribution in [0, 0.1) is 0 Å². The number of furan rings is 1. The van der Waals surface area contributed by atoms with Crippen LogP contribution in [0.25, 0.3) is 11.1 Å². The normalized spacial score (nSPS) is 16.8. The Morgan fingerprint density at radius 3 is 2.59 bits per heavy atom. The molecule has 5 rings (SSSR count). The molecule has 0 bridgehead atoms. The fourth-order valence-corrected chi connectivity index (χ4v) is 4.97. The first-order valence-corrected chi connectivity index (χ1v) is 11.0. The van der Waals surface area contributed by atoms with Crippen molar-refractivity contribution in [1.29, 1.82) is 0 Å². The Labute approximate surface area is 174 Å². The van der Waals surface area contributed by atoms with Crippen LogP contribution in [-0.2, 0) is 11.3 Å². The first-order valence-electron chi connectivity index (χ1n) is 10.1. The number of carbonyl (C=O) groups is 1. The third-order valence-corrected chi connectivity index (χ3v) is 6.64. The molecule has 0 radical (unpaired) electrons. The van der Waals surface area contributed by atoms with Gasteiger partial charge in [0.15, 0.2) is 0 Å². The van der Waals surface area contributed by atoms with Crippen molar-refractivity contribution in [3.05, 3.63) is 65.4 Å². The predicted octanol–water partition coefficient (Wildman–Crippen LogP) is 4.65. The van der Waals surface area contributed by atoms with Crippen molar-refractivity contribution in [1.82, 2.24) is 4.90 Å². The molecule has 2 aromatic heterocycles. The molecule has 5 nitrogen and oxygen atoms in total. The van der Waals surface area contributed by atoms with Gasteiger partial charge in [0.2, 0.25) is 0 Å². The van der Waals surface area contributed by atoms with E-state index in [2.05, 4.69) is 23.1 Å². The summed E-state index contributed by atoms with van der Waals surface area (Å²) in [4.78, 5) is 18.6. The zero-order valence-corrected chi connectivity index (χ0v) is 17.1. The SMILES string of the molecule is O=C(c1cc(-c2ccccc2)c(N2CCOCC2)s1)N(Cc1ccco1)C1CC1. The molecule has 0 atom stereocenters. The number of morpholine rings is 1. The molecule has 1 aliphatic heterocycles. The van der Waals surface area contributed by atoms with Crippen molar-refractivity contribution in [2.45, 2.75) is 25.4 Å². The van der Waals surface area contributed by atoms with E-state index in [1.165, 1.54) is 0 Å². The van der Waals surface area contributed by atoms with Crippen LogP contribution in [0.4, 0.5) is 5.00 Å². The maximum absolute atomic E-state index is 13.5. The molecular weight excluding hydrogens is 384 g/mol. The third kappa shape index (κ3) is 3.95. The zero-order valence-electron chi connectivity index (χ0n) is 16.3. The number of thiophene rings is 1. The highest BCUT2D eigenvalue weighted by molar-refractivity contribution is 7.18. The molecule has 3 heterocycles. The van der Waals surface area contributed by atoms with Crippen LogP contribution in [0.5, 0.6) is 0 Å². The topological polar surface area (TPSA) is 45.9 Å². The number of nitrogens with zero attached hydrogens (tertiary/aromatic N) is 2. The van der Waals surface area contributed by atoms with Crippen LogP contribution in [0.3, 0.4) is 0 Å². The summed E-state index contributed by atoms with van der Waals surface area (Å²) in [6.07, 6.45) is 3.81. The molecule has 6 heteroatoms. The first kappa shape index (κ1) is 18.5. The molecule has 1 saturated heterocycles. The summed E-state index contributed by atoms with van der Waals surface area (Å²) >= 11 is 1.60. The minimum Gasteiger partial charge on any atom is -0.467 e. The fourth-order valence-electron chi connectivity index (χ4n) is 3.78. The Morgan fingerprint density at radius 1 is 1.10 bits per heavy atom. The summed E-state index contributed by atoms with van der Waals surface area (Å²) in [6.45, 7) is 3.69. The van der Waals surface area contributed by atoms with Gasteiger partial charge in [-0.25, -0.2) is 0 Å². The van der Waals surface area contributed by atoms with Gasteiger partial charge >= 0.3 is 0 Å². The lowest BCUT2D eigenvalue weighted by Gasteiger charge is -2.28. The van der Waals surface area contributed by atoms with Gasteiger partial charge in [-0.1, -0.05) is 30.3 Å². The van der Waals surface area contributed by atoms with Crippen molar-refractivity contribution in [3.63, 3.8) is 0 Å². The molecule has 3 aromatic rings. The summed E-state index contributed by atoms with van der Waals surface area (Å²) in [5.74, 6) is 0.934. The number of carbonyl (C=O) groups excluding carboxylic acids is 1. The van der Waals surface area contributed by atoms with Gasteiger partial charge in [0.1, 0.15) is 5.76 Å². The van der Waals surface area contributed by atoms with Crippen molar-refractivity contribution >= 4 is 22.2 Å². The minimum absolute atomic E-state index is 0.102. The molecule has 1 aliphatic carbocycles. The maximum atomic E-state index is 13.5. The highest BCUT2D eigenvalue weighted by atomic mass is 32.1. The minimum atomic E-state index is 0.102. The van der Waals surface area contributed by atoms with Crippen LogP contribution in [-0.4, -0.2) is 43.2 Å². The number of amides is 1. The van der Waals surface area contributed by atoms with Gasteiger partial charge in [0.05, 0.1) is 35.9 Å². The standard InChI is InChI=1S/C23H24N2O3S/c26-22(25(18-8-9-18)16-19-7-4-12-28-19)21-15-20(17-5-2-1-3-6-17)23(29-21)24-10-13-27-14-11-24/h1-7,12,15,18H,8-11,13-14,16H2. The van der Waals surface area contributed by atoms with Crippen molar-refractivity contribution in [2.24, 2.45) is 0 Å². The zero-order chi connectivity index (χ0) is 19.6. The predicted molar refractivity (Wildman–Crippen MR) is 114 cm³/mol. The molecule has 29 heavy (non-hydrogen) atoms. The maximum Gasteiger partial charge on any atom is 0.264 e. The number of anilines is 1. The molecule has 0 N–H and O–H groups in total. The van der Waals surface area contributed by atoms with E-state index in [0.717, 1.165) is 65.9 Å². The lowest BCUT2D eigenvalue weighted by Crippen LogP contribution is -2.36. The molecular formula is C23H24N2O3S. The van der Waals surface area contributed by atoms with Gasteiger partial charge in [-0.3, -0.25) is 4.79 Å². The van der Waals surface area contributed by atoms with E-state index in [1.54, 1.807) is 17.6 Å². The Bertz CT molecular complexity index is 957. The highest BCUT2D eigenvalue weighted by Gasteiger charge is 2.35. The van der Waals surface area contributed by atoms with E-state index in [9.17, 15) is 4.79 Å².